The van der Waals surface area contributed by atoms with E-state index >= 15 is 0 Å². The van der Waals surface area contributed by atoms with Crippen LogP contribution in [0.2, 0.25) is 0 Å². The predicted molar refractivity (Wildman–Crippen MR) is 66.3 cm³/mol. The monoisotopic (exact) mass is 260 g/mol. The van der Waals surface area contributed by atoms with Crippen molar-refractivity contribution in [2.24, 2.45) is 0 Å². The van der Waals surface area contributed by atoms with E-state index in [0.717, 1.165) is 6.42 Å². The number of hydrogen-bond donors (Lipinski definition) is 0. The van der Waals surface area contributed by atoms with E-state index < -0.39 is 0 Å². The molecule has 1 unspecified atom stereocenters. The van der Waals surface area contributed by atoms with E-state index in [-0.39, 0.29) is 10.6 Å². The van der Waals surface area contributed by atoms with Crippen LogP contribution in [0.1, 0.15) is 18.9 Å². The van der Waals surface area contributed by atoms with Gasteiger partial charge in [-0.25, -0.2) is 4.98 Å². The number of aromatic nitrogens is 1. The number of halogens is 1. The van der Waals surface area contributed by atoms with Crippen LogP contribution in [0.15, 0.2) is 17.3 Å². The summed E-state index contributed by atoms with van der Waals surface area (Å²) >= 11 is 7.14. The number of nitro groups is 1. The van der Waals surface area contributed by atoms with Crippen molar-refractivity contribution in [1.82, 2.24) is 4.98 Å². The Kier molecular flexibility index (Phi) is 5.02. The highest BCUT2D eigenvalue weighted by molar-refractivity contribution is 7.99. The number of thioether (sulfide) groups is 1. The fourth-order valence-corrected chi connectivity index (χ4v) is 2.57. The molecule has 4 nitrogen and oxygen atoms in total. The lowest BCUT2D eigenvalue weighted by Crippen LogP contribution is -1.99. The van der Waals surface area contributed by atoms with E-state index in [9.17, 15) is 10.1 Å². The summed E-state index contributed by atoms with van der Waals surface area (Å²) in [6, 6.07) is 1.52. The van der Waals surface area contributed by atoms with Gasteiger partial charge in [0, 0.05) is 29.0 Å². The molecule has 0 spiro atoms. The first-order valence-electron chi connectivity index (χ1n) is 4.88. The standard InChI is InChI=1S/C10H13ClN2O2S/c1-7-6-12-10(5-9(7)13(14)15)16-8(2)3-4-11/h5-6,8H,3-4H2,1-2H3. The minimum absolute atomic E-state index is 0.121. The topological polar surface area (TPSA) is 56.0 Å². The molecule has 0 fully saturated rings. The van der Waals surface area contributed by atoms with Crippen LogP contribution in [0.3, 0.4) is 0 Å². The van der Waals surface area contributed by atoms with Crippen LogP contribution in [-0.2, 0) is 0 Å². The lowest BCUT2D eigenvalue weighted by Gasteiger charge is -2.08. The summed E-state index contributed by atoms with van der Waals surface area (Å²) in [4.78, 5) is 14.5. The van der Waals surface area contributed by atoms with Crippen LogP contribution < -0.4 is 0 Å². The van der Waals surface area contributed by atoms with Crippen molar-refractivity contribution in [2.45, 2.75) is 30.5 Å². The summed E-state index contributed by atoms with van der Waals surface area (Å²) in [7, 11) is 0. The first-order valence-corrected chi connectivity index (χ1v) is 6.29. The number of pyridine rings is 1. The van der Waals surface area contributed by atoms with Gasteiger partial charge in [-0.05, 0) is 13.3 Å². The summed E-state index contributed by atoms with van der Waals surface area (Å²) in [5.41, 5.74) is 0.704. The molecule has 0 saturated heterocycles. The molecule has 1 aromatic rings. The predicted octanol–water partition coefficient (Wildman–Crippen LogP) is 3.41. The van der Waals surface area contributed by atoms with Crippen molar-refractivity contribution >= 4 is 29.1 Å². The third kappa shape index (κ3) is 3.64. The van der Waals surface area contributed by atoms with E-state index in [1.54, 1.807) is 6.92 Å². The normalized spacial score (nSPS) is 12.4. The Labute approximate surface area is 104 Å². The van der Waals surface area contributed by atoms with E-state index in [1.165, 1.54) is 24.0 Å². The largest absolute Gasteiger partial charge is 0.276 e. The fourth-order valence-electron chi connectivity index (χ4n) is 1.17. The van der Waals surface area contributed by atoms with Crippen LogP contribution in [0.5, 0.6) is 0 Å². The minimum atomic E-state index is -0.382. The number of aryl methyl sites for hydroxylation is 1. The van der Waals surface area contributed by atoms with Gasteiger partial charge in [-0.15, -0.1) is 23.4 Å². The molecule has 0 N–H and O–H groups in total. The first kappa shape index (κ1) is 13.3. The summed E-state index contributed by atoms with van der Waals surface area (Å²) < 4.78 is 0. The zero-order valence-electron chi connectivity index (χ0n) is 9.14. The van der Waals surface area contributed by atoms with E-state index in [4.69, 9.17) is 11.6 Å². The molecule has 16 heavy (non-hydrogen) atoms. The lowest BCUT2D eigenvalue weighted by atomic mass is 10.3. The number of hydrogen-bond acceptors (Lipinski definition) is 4. The first-order chi connectivity index (χ1) is 7.54. The Morgan fingerprint density at radius 3 is 2.94 bits per heavy atom. The van der Waals surface area contributed by atoms with Gasteiger partial charge < -0.3 is 0 Å². The van der Waals surface area contributed by atoms with Gasteiger partial charge >= 0.3 is 0 Å². The maximum atomic E-state index is 10.7. The van der Waals surface area contributed by atoms with E-state index in [0.29, 0.717) is 21.7 Å². The number of rotatable bonds is 5. The van der Waals surface area contributed by atoms with Gasteiger partial charge in [0.05, 0.1) is 4.92 Å². The van der Waals surface area contributed by atoms with Crippen LogP contribution >= 0.6 is 23.4 Å². The third-order valence-corrected chi connectivity index (χ3v) is 3.40. The number of nitrogens with zero attached hydrogens (tertiary/aromatic N) is 2. The Bertz CT molecular complexity index is 387. The van der Waals surface area contributed by atoms with Crippen molar-refractivity contribution in [3.63, 3.8) is 0 Å². The van der Waals surface area contributed by atoms with Gasteiger partial charge in [-0.3, -0.25) is 10.1 Å². The Morgan fingerprint density at radius 1 is 1.69 bits per heavy atom. The van der Waals surface area contributed by atoms with Gasteiger partial charge in [0.1, 0.15) is 5.03 Å². The molecule has 1 atom stereocenters. The van der Waals surface area contributed by atoms with Gasteiger partial charge in [-0.2, -0.15) is 0 Å². The average Bonchev–Trinajstić information content (AvgIpc) is 2.21. The van der Waals surface area contributed by atoms with Crippen LogP contribution in [0, 0.1) is 17.0 Å². The highest BCUT2D eigenvalue weighted by Crippen LogP contribution is 2.27. The SMILES string of the molecule is Cc1cnc(SC(C)CCCl)cc1[N+](=O)[O-]. The summed E-state index contributed by atoms with van der Waals surface area (Å²) in [5, 5.41) is 11.7. The minimum Gasteiger partial charge on any atom is -0.258 e. The molecule has 0 aliphatic rings. The maximum absolute atomic E-state index is 10.7. The second kappa shape index (κ2) is 6.06. The van der Waals surface area contributed by atoms with Crippen LogP contribution in [0.4, 0.5) is 5.69 Å². The third-order valence-electron chi connectivity index (χ3n) is 2.08. The molecule has 0 amide bonds. The number of alkyl halides is 1. The summed E-state index contributed by atoms with van der Waals surface area (Å²) in [6.45, 7) is 3.71. The molecule has 0 saturated carbocycles. The smallest absolute Gasteiger partial charge is 0.258 e. The van der Waals surface area contributed by atoms with E-state index in [2.05, 4.69) is 4.98 Å². The highest BCUT2D eigenvalue weighted by atomic mass is 35.5. The van der Waals surface area contributed by atoms with Crippen molar-refractivity contribution in [1.29, 1.82) is 0 Å². The van der Waals surface area contributed by atoms with Crippen LogP contribution in [0.25, 0.3) is 0 Å². The molecule has 6 heteroatoms. The van der Waals surface area contributed by atoms with Gasteiger partial charge in [0.2, 0.25) is 0 Å². The maximum Gasteiger partial charge on any atom is 0.276 e. The molecule has 1 rings (SSSR count). The van der Waals surface area contributed by atoms with Crippen molar-refractivity contribution in [3.05, 3.63) is 27.9 Å². The van der Waals surface area contributed by atoms with Gasteiger partial charge in [0.25, 0.3) is 5.69 Å². The molecule has 0 radical (unpaired) electrons. The molecular formula is C10H13ClN2O2S. The molecule has 0 bridgehead atoms. The van der Waals surface area contributed by atoms with Crippen molar-refractivity contribution in [3.8, 4) is 0 Å². The molecule has 0 aromatic carbocycles. The fraction of sp³-hybridized carbons (Fsp3) is 0.500. The van der Waals surface area contributed by atoms with Crippen molar-refractivity contribution in [2.75, 3.05) is 5.88 Å². The molecule has 1 aromatic heterocycles. The molecule has 88 valence electrons. The average molecular weight is 261 g/mol. The summed E-state index contributed by atoms with van der Waals surface area (Å²) in [6.07, 6.45) is 2.39. The highest BCUT2D eigenvalue weighted by Gasteiger charge is 2.13. The zero-order chi connectivity index (χ0) is 12.1. The second-order valence-corrected chi connectivity index (χ2v) is 5.31. The molecule has 1 heterocycles. The Balaban J connectivity index is 2.82. The van der Waals surface area contributed by atoms with Crippen molar-refractivity contribution < 1.29 is 4.92 Å². The quantitative estimate of drug-likeness (QED) is 0.352. The molecule has 0 aliphatic carbocycles. The molecule has 0 aliphatic heterocycles. The van der Waals surface area contributed by atoms with E-state index in [1.807, 2.05) is 6.92 Å². The van der Waals surface area contributed by atoms with Gasteiger partial charge in [-0.1, -0.05) is 6.92 Å². The van der Waals surface area contributed by atoms with Gasteiger partial charge in [0.15, 0.2) is 0 Å². The second-order valence-electron chi connectivity index (χ2n) is 3.47. The molecular weight excluding hydrogens is 248 g/mol. The zero-order valence-corrected chi connectivity index (χ0v) is 10.7. The Morgan fingerprint density at radius 2 is 2.38 bits per heavy atom. The Hall–Kier alpha value is -0.810. The van der Waals surface area contributed by atoms with Crippen LogP contribution in [-0.4, -0.2) is 21.0 Å². The lowest BCUT2D eigenvalue weighted by molar-refractivity contribution is -0.385. The summed E-state index contributed by atoms with van der Waals surface area (Å²) in [5.74, 6) is 0.585.